The topological polar surface area (TPSA) is 0 Å². The van der Waals surface area contributed by atoms with Crippen LogP contribution in [0.5, 0.6) is 0 Å². The van der Waals surface area contributed by atoms with E-state index in [1.165, 1.54) is 125 Å². The molecule has 4 rings (SSSR count). The first-order chi connectivity index (χ1) is 21.8. The predicted molar refractivity (Wildman–Crippen MR) is 199 cm³/mol. The van der Waals surface area contributed by atoms with Gasteiger partial charge in [0, 0.05) is 0 Å². The van der Waals surface area contributed by atoms with Gasteiger partial charge in [-0.2, -0.15) is 0 Å². The van der Waals surface area contributed by atoms with Crippen molar-refractivity contribution in [3.05, 3.63) is 126 Å². The molecule has 0 aliphatic rings. The highest BCUT2D eigenvalue weighted by molar-refractivity contribution is 7.95. The minimum atomic E-state index is -1.90. The molecule has 0 spiro atoms. The molecule has 0 radical (unpaired) electrons. The van der Waals surface area contributed by atoms with Gasteiger partial charge in [-0.1, -0.05) is 188 Å². The molecule has 0 aliphatic heterocycles. The summed E-state index contributed by atoms with van der Waals surface area (Å²) < 4.78 is 0. The molecule has 0 bridgehead atoms. The number of hydrogen-bond acceptors (Lipinski definition) is 0. The lowest BCUT2D eigenvalue weighted by atomic mass is 10.0. The maximum absolute atomic E-state index is 2.46. The largest absolute Gasteiger partial charge is 1.00 e. The SMILES string of the molecule is CCCCCCCCCCCCCCCCCCc1ccccc1[P+](Cc1ccccc1)(c1ccccc1)c1ccccc1.[Cl-]. The van der Waals surface area contributed by atoms with E-state index >= 15 is 0 Å². The van der Waals surface area contributed by atoms with Crippen LogP contribution in [0.3, 0.4) is 0 Å². The van der Waals surface area contributed by atoms with E-state index in [0.29, 0.717) is 0 Å². The molecule has 0 aromatic heterocycles. The minimum absolute atomic E-state index is 0. The molecular weight excluding hydrogens is 583 g/mol. The minimum Gasteiger partial charge on any atom is -1.00 e. The number of rotatable bonds is 22. The van der Waals surface area contributed by atoms with Gasteiger partial charge in [0.2, 0.25) is 0 Å². The zero-order valence-corrected chi connectivity index (χ0v) is 29.7. The van der Waals surface area contributed by atoms with E-state index < -0.39 is 7.26 Å². The number of halogens is 1. The summed E-state index contributed by atoms with van der Waals surface area (Å²) in [5.74, 6) is 0. The fraction of sp³-hybridized carbons (Fsp3) is 0.442. The van der Waals surface area contributed by atoms with Crippen molar-refractivity contribution in [1.82, 2.24) is 0 Å². The van der Waals surface area contributed by atoms with Gasteiger partial charge in [-0.05, 0) is 54.3 Å². The van der Waals surface area contributed by atoms with E-state index in [1.54, 1.807) is 10.9 Å². The molecular formula is C43H58ClP. The first-order valence-corrected chi connectivity index (χ1v) is 19.9. The van der Waals surface area contributed by atoms with Crippen molar-refractivity contribution >= 4 is 23.2 Å². The highest BCUT2D eigenvalue weighted by atomic mass is 35.5. The summed E-state index contributed by atoms with van der Waals surface area (Å²) in [5.41, 5.74) is 2.97. The molecule has 45 heavy (non-hydrogen) atoms. The number of unbranched alkanes of at least 4 members (excludes halogenated alkanes) is 15. The Morgan fingerprint density at radius 1 is 0.400 bits per heavy atom. The quantitative estimate of drug-likeness (QED) is 0.0594. The lowest BCUT2D eigenvalue weighted by Gasteiger charge is -2.29. The molecule has 4 aromatic carbocycles. The fourth-order valence-corrected chi connectivity index (χ4v) is 11.4. The second-order valence-corrected chi connectivity index (χ2v) is 16.3. The summed E-state index contributed by atoms with van der Waals surface area (Å²) >= 11 is 0. The molecule has 242 valence electrons. The highest BCUT2D eigenvalue weighted by Crippen LogP contribution is 2.58. The molecule has 0 saturated carbocycles. The number of benzene rings is 4. The van der Waals surface area contributed by atoms with E-state index in [2.05, 4.69) is 122 Å². The van der Waals surface area contributed by atoms with Crippen LogP contribution in [-0.2, 0) is 12.6 Å². The highest BCUT2D eigenvalue weighted by Gasteiger charge is 2.46. The zero-order chi connectivity index (χ0) is 30.5. The van der Waals surface area contributed by atoms with Gasteiger partial charge in [-0.3, -0.25) is 0 Å². The Kier molecular flexibility index (Phi) is 18.3. The average Bonchev–Trinajstić information content (AvgIpc) is 3.08. The van der Waals surface area contributed by atoms with Gasteiger partial charge in [0.1, 0.15) is 23.2 Å². The summed E-state index contributed by atoms with van der Waals surface area (Å²) in [6.07, 6.45) is 24.9. The zero-order valence-electron chi connectivity index (χ0n) is 28.0. The van der Waals surface area contributed by atoms with E-state index in [1.807, 2.05) is 0 Å². The van der Waals surface area contributed by atoms with Crippen molar-refractivity contribution in [2.75, 3.05) is 0 Å². The Morgan fingerprint density at radius 2 is 0.778 bits per heavy atom. The monoisotopic (exact) mass is 640 g/mol. The maximum Gasteiger partial charge on any atom is 0.116 e. The third-order valence-corrected chi connectivity index (χ3v) is 13.8. The summed E-state index contributed by atoms with van der Waals surface area (Å²) in [5, 5.41) is 4.53. The predicted octanol–water partition coefficient (Wildman–Crippen LogP) is 8.99. The Hall–Kier alpha value is -2.40. The van der Waals surface area contributed by atoms with Crippen LogP contribution in [-0.4, -0.2) is 0 Å². The van der Waals surface area contributed by atoms with Crippen LogP contribution >= 0.6 is 7.26 Å². The molecule has 0 aliphatic carbocycles. The van der Waals surface area contributed by atoms with Gasteiger partial charge in [0.25, 0.3) is 0 Å². The third kappa shape index (κ3) is 12.0. The molecule has 0 atom stereocenters. The normalized spacial score (nSPS) is 11.3. The lowest BCUT2D eigenvalue weighted by molar-refractivity contribution is -0.00000902. The van der Waals surface area contributed by atoms with E-state index in [-0.39, 0.29) is 12.4 Å². The molecule has 0 N–H and O–H groups in total. The Bertz CT molecular complexity index is 1230. The molecule has 0 nitrogen and oxygen atoms in total. The summed E-state index contributed by atoms with van der Waals surface area (Å²) in [6, 6.07) is 43.4. The van der Waals surface area contributed by atoms with Crippen molar-refractivity contribution in [3.8, 4) is 0 Å². The van der Waals surface area contributed by atoms with Crippen LogP contribution in [0.1, 0.15) is 121 Å². The van der Waals surface area contributed by atoms with Gasteiger partial charge in [0.05, 0.1) is 6.16 Å². The fourth-order valence-electron chi connectivity index (χ4n) is 6.88. The van der Waals surface area contributed by atoms with Crippen molar-refractivity contribution in [2.45, 2.75) is 122 Å². The Labute approximate surface area is 283 Å². The van der Waals surface area contributed by atoms with Crippen molar-refractivity contribution in [2.24, 2.45) is 0 Å². The number of hydrogen-bond donors (Lipinski definition) is 0. The molecule has 2 heteroatoms. The second-order valence-electron chi connectivity index (χ2n) is 12.8. The van der Waals surface area contributed by atoms with E-state index in [4.69, 9.17) is 0 Å². The standard InChI is InChI=1S/C43H58P.ClH/c1-2-3-4-5-6-7-8-9-10-11-12-13-14-15-16-22-31-40-32-27-28-37-43(40)44(41-33-23-18-24-34-41,42-35-25-19-26-36-42)38-39-29-20-17-21-30-39;/h17-21,23-30,32-37H,2-16,22,31,38H2,1H3;1H/q+1;/p-1. The summed E-state index contributed by atoms with van der Waals surface area (Å²) in [4.78, 5) is 0. The molecule has 4 aromatic rings. The molecule has 0 unspecified atom stereocenters. The van der Waals surface area contributed by atoms with Crippen LogP contribution in [0.4, 0.5) is 0 Å². The third-order valence-electron chi connectivity index (χ3n) is 9.36. The van der Waals surface area contributed by atoms with Crippen molar-refractivity contribution < 1.29 is 12.4 Å². The second kappa shape index (κ2) is 22.2. The molecule has 0 heterocycles. The van der Waals surface area contributed by atoms with Gasteiger partial charge >= 0.3 is 0 Å². The van der Waals surface area contributed by atoms with Gasteiger partial charge in [-0.15, -0.1) is 0 Å². The van der Waals surface area contributed by atoms with Crippen LogP contribution in [0.15, 0.2) is 115 Å². The first-order valence-electron chi connectivity index (χ1n) is 18.0. The molecule has 0 saturated heterocycles. The van der Waals surface area contributed by atoms with Crippen LogP contribution in [0, 0.1) is 0 Å². The smallest absolute Gasteiger partial charge is 0.116 e. The summed E-state index contributed by atoms with van der Waals surface area (Å²) in [6.45, 7) is 2.30. The first kappa shape index (κ1) is 37.1. The van der Waals surface area contributed by atoms with Crippen LogP contribution in [0.25, 0.3) is 0 Å². The molecule has 0 amide bonds. The number of aryl methyl sites for hydroxylation is 1. The Balaban J connectivity index is 0.00000552. The van der Waals surface area contributed by atoms with Crippen LogP contribution < -0.4 is 28.3 Å². The van der Waals surface area contributed by atoms with Crippen LogP contribution in [0.2, 0.25) is 0 Å². The maximum atomic E-state index is 2.46. The lowest BCUT2D eigenvalue weighted by Crippen LogP contribution is -3.00. The Morgan fingerprint density at radius 3 is 1.24 bits per heavy atom. The van der Waals surface area contributed by atoms with Gasteiger partial charge in [-0.25, -0.2) is 0 Å². The molecule has 0 fully saturated rings. The van der Waals surface area contributed by atoms with Gasteiger partial charge in [0.15, 0.2) is 0 Å². The van der Waals surface area contributed by atoms with Gasteiger partial charge < -0.3 is 12.4 Å². The average molecular weight is 641 g/mol. The summed E-state index contributed by atoms with van der Waals surface area (Å²) in [7, 11) is -1.90. The van der Waals surface area contributed by atoms with Crippen molar-refractivity contribution in [3.63, 3.8) is 0 Å². The van der Waals surface area contributed by atoms with E-state index in [9.17, 15) is 0 Å². The van der Waals surface area contributed by atoms with E-state index in [0.717, 1.165) is 6.16 Å². The van der Waals surface area contributed by atoms with Crippen molar-refractivity contribution in [1.29, 1.82) is 0 Å².